The van der Waals surface area contributed by atoms with Crippen molar-refractivity contribution in [1.82, 2.24) is 5.32 Å². The van der Waals surface area contributed by atoms with Crippen molar-refractivity contribution in [3.05, 3.63) is 0 Å². The first-order chi connectivity index (χ1) is 9.12. The Morgan fingerprint density at radius 1 is 0.842 bits per heavy atom. The van der Waals surface area contributed by atoms with E-state index in [0.717, 1.165) is 35.8 Å². The molecule has 0 saturated heterocycles. The average Bonchev–Trinajstić information content (AvgIpc) is 3.03. The molecular formula is C18H31N. The third-order valence-corrected chi connectivity index (χ3v) is 7.22. The van der Waals surface area contributed by atoms with Crippen LogP contribution in [0.3, 0.4) is 0 Å². The monoisotopic (exact) mass is 261 g/mol. The molecule has 0 aliphatic heterocycles. The lowest BCUT2D eigenvalue weighted by Crippen LogP contribution is -2.46. The van der Waals surface area contributed by atoms with E-state index in [0.29, 0.717) is 5.41 Å². The lowest BCUT2D eigenvalue weighted by molar-refractivity contribution is 0.158. The molecule has 4 saturated carbocycles. The van der Waals surface area contributed by atoms with Gasteiger partial charge in [-0.15, -0.1) is 0 Å². The predicted octanol–water partition coefficient (Wildman–Crippen LogP) is 4.37. The molecule has 2 bridgehead atoms. The predicted molar refractivity (Wildman–Crippen MR) is 80.0 cm³/mol. The minimum atomic E-state index is 0.614. The fourth-order valence-corrected chi connectivity index (χ4v) is 6.13. The summed E-state index contributed by atoms with van der Waals surface area (Å²) in [7, 11) is 0. The molecule has 5 atom stereocenters. The molecule has 0 radical (unpaired) electrons. The van der Waals surface area contributed by atoms with Crippen molar-refractivity contribution in [3.63, 3.8) is 0 Å². The molecular weight excluding hydrogens is 230 g/mol. The summed E-state index contributed by atoms with van der Waals surface area (Å²) in [6.45, 7) is 4.90. The summed E-state index contributed by atoms with van der Waals surface area (Å²) in [4.78, 5) is 0. The highest BCUT2D eigenvalue weighted by molar-refractivity contribution is 5.06. The summed E-state index contributed by atoms with van der Waals surface area (Å²) in [6, 6.07) is 1.74. The molecule has 0 aromatic heterocycles. The third-order valence-electron chi connectivity index (χ3n) is 7.22. The standard InChI is InChI=1S/C18H31N/c1-18(2)8-6-13(7-9-18)19-17-11-12-10-16(17)15-5-3-4-14(12)15/h12-17,19H,3-11H2,1-2H3. The molecule has 1 N–H and O–H groups in total. The molecule has 19 heavy (non-hydrogen) atoms. The highest BCUT2D eigenvalue weighted by Gasteiger charge is 2.53. The van der Waals surface area contributed by atoms with Crippen LogP contribution in [0.4, 0.5) is 0 Å². The Labute approximate surface area is 118 Å². The number of fused-ring (bicyclic) bond motifs is 5. The second-order valence-corrected chi connectivity index (χ2v) is 8.87. The first-order valence-corrected chi connectivity index (χ1v) is 8.88. The normalized spacial score (nSPS) is 48.6. The zero-order valence-electron chi connectivity index (χ0n) is 12.8. The van der Waals surface area contributed by atoms with Gasteiger partial charge in [0.25, 0.3) is 0 Å². The molecule has 5 unspecified atom stereocenters. The molecule has 4 rings (SSSR count). The van der Waals surface area contributed by atoms with E-state index >= 15 is 0 Å². The SMILES string of the molecule is CC1(C)CCC(NC2CC3CC2C2CCCC32)CC1. The lowest BCUT2D eigenvalue weighted by atomic mass is 9.74. The molecule has 0 heterocycles. The van der Waals surface area contributed by atoms with Crippen LogP contribution in [0.1, 0.15) is 71.6 Å². The van der Waals surface area contributed by atoms with Crippen molar-refractivity contribution >= 4 is 0 Å². The van der Waals surface area contributed by atoms with Gasteiger partial charge in [0, 0.05) is 12.1 Å². The topological polar surface area (TPSA) is 12.0 Å². The Morgan fingerprint density at radius 2 is 1.58 bits per heavy atom. The molecule has 0 spiro atoms. The third kappa shape index (κ3) is 2.17. The molecule has 108 valence electrons. The largest absolute Gasteiger partial charge is 0.311 e. The highest BCUT2D eigenvalue weighted by Crippen LogP contribution is 2.58. The molecule has 0 aromatic carbocycles. The Balaban J connectivity index is 1.35. The van der Waals surface area contributed by atoms with Gasteiger partial charge in [-0.2, -0.15) is 0 Å². The summed E-state index contributed by atoms with van der Waals surface area (Å²) < 4.78 is 0. The van der Waals surface area contributed by atoms with Gasteiger partial charge in [-0.05, 0) is 80.5 Å². The summed E-state index contributed by atoms with van der Waals surface area (Å²) in [5.74, 6) is 4.44. The lowest BCUT2D eigenvalue weighted by Gasteiger charge is -2.39. The van der Waals surface area contributed by atoms with Crippen LogP contribution in [0.2, 0.25) is 0 Å². The maximum Gasteiger partial charge on any atom is 0.0103 e. The first kappa shape index (κ1) is 12.7. The van der Waals surface area contributed by atoms with Crippen LogP contribution in [0, 0.1) is 29.1 Å². The van der Waals surface area contributed by atoms with Gasteiger partial charge in [0.1, 0.15) is 0 Å². The van der Waals surface area contributed by atoms with Gasteiger partial charge in [0.15, 0.2) is 0 Å². The molecule has 0 amide bonds. The maximum absolute atomic E-state index is 4.10. The smallest absolute Gasteiger partial charge is 0.0103 e. The molecule has 0 aromatic rings. The molecule has 1 heteroatoms. The van der Waals surface area contributed by atoms with Crippen molar-refractivity contribution in [1.29, 1.82) is 0 Å². The fourth-order valence-electron chi connectivity index (χ4n) is 6.13. The van der Waals surface area contributed by atoms with E-state index in [-0.39, 0.29) is 0 Å². The minimum absolute atomic E-state index is 0.614. The molecule has 4 aliphatic rings. The second-order valence-electron chi connectivity index (χ2n) is 8.87. The van der Waals surface area contributed by atoms with Crippen LogP contribution >= 0.6 is 0 Å². The van der Waals surface area contributed by atoms with E-state index in [4.69, 9.17) is 0 Å². The maximum atomic E-state index is 4.10. The van der Waals surface area contributed by atoms with Gasteiger partial charge in [-0.1, -0.05) is 20.3 Å². The van der Waals surface area contributed by atoms with Gasteiger partial charge in [0.2, 0.25) is 0 Å². The van der Waals surface area contributed by atoms with E-state index in [2.05, 4.69) is 19.2 Å². The molecule has 1 nitrogen and oxygen atoms in total. The van der Waals surface area contributed by atoms with Crippen LogP contribution in [0.15, 0.2) is 0 Å². The zero-order chi connectivity index (χ0) is 13.0. The Kier molecular flexibility index (Phi) is 2.99. The molecule has 4 aliphatic carbocycles. The van der Waals surface area contributed by atoms with E-state index in [9.17, 15) is 0 Å². The number of hydrogen-bond donors (Lipinski definition) is 1. The molecule has 4 fully saturated rings. The van der Waals surface area contributed by atoms with Crippen molar-refractivity contribution in [2.75, 3.05) is 0 Å². The number of hydrogen-bond acceptors (Lipinski definition) is 1. The highest BCUT2D eigenvalue weighted by atomic mass is 15.0. The minimum Gasteiger partial charge on any atom is -0.311 e. The Bertz CT molecular complexity index is 338. The van der Waals surface area contributed by atoms with E-state index < -0.39 is 0 Å². The Morgan fingerprint density at radius 3 is 2.37 bits per heavy atom. The van der Waals surface area contributed by atoms with Crippen LogP contribution in [0.25, 0.3) is 0 Å². The zero-order valence-corrected chi connectivity index (χ0v) is 12.8. The number of rotatable bonds is 2. The van der Waals surface area contributed by atoms with Crippen molar-refractivity contribution in [2.24, 2.45) is 29.1 Å². The van der Waals surface area contributed by atoms with E-state index in [1.807, 2.05) is 0 Å². The fraction of sp³-hybridized carbons (Fsp3) is 1.00. The van der Waals surface area contributed by atoms with E-state index in [1.54, 1.807) is 19.3 Å². The van der Waals surface area contributed by atoms with Crippen LogP contribution in [-0.2, 0) is 0 Å². The second kappa shape index (κ2) is 4.48. The summed E-state index contributed by atoms with van der Waals surface area (Å²) in [5.41, 5.74) is 0.614. The average molecular weight is 261 g/mol. The van der Waals surface area contributed by atoms with Crippen molar-refractivity contribution < 1.29 is 0 Å². The van der Waals surface area contributed by atoms with Gasteiger partial charge < -0.3 is 5.32 Å². The van der Waals surface area contributed by atoms with E-state index in [1.165, 1.54) is 38.5 Å². The number of nitrogens with one attached hydrogen (secondary N) is 1. The van der Waals surface area contributed by atoms with Gasteiger partial charge in [0.05, 0.1) is 0 Å². The first-order valence-electron chi connectivity index (χ1n) is 8.88. The summed E-state index contributed by atoms with van der Waals surface area (Å²) in [6.07, 6.45) is 13.5. The van der Waals surface area contributed by atoms with Gasteiger partial charge >= 0.3 is 0 Å². The van der Waals surface area contributed by atoms with Crippen LogP contribution < -0.4 is 5.32 Å². The Hall–Kier alpha value is -0.0400. The van der Waals surface area contributed by atoms with Gasteiger partial charge in [-0.3, -0.25) is 0 Å². The van der Waals surface area contributed by atoms with Crippen LogP contribution in [-0.4, -0.2) is 12.1 Å². The summed E-state index contributed by atoms with van der Waals surface area (Å²) >= 11 is 0. The summed E-state index contributed by atoms with van der Waals surface area (Å²) in [5, 5.41) is 4.10. The quantitative estimate of drug-likeness (QED) is 0.778. The van der Waals surface area contributed by atoms with Crippen molar-refractivity contribution in [3.8, 4) is 0 Å². The van der Waals surface area contributed by atoms with Gasteiger partial charge in [-0.25, -0.2) is 0 Å². The van der Waals surface area contributed by atoms with Crippen LogP contribution in [0.5, 0.6) is 0 Å². The van der Waals surface area contributed by atoms with Crippen molar-refractivity contribution in [2.45, 2.75) is 83.7 Å².